The minimum absolute atomic E-state index is 0.587. The monoisotopic (exact) mass is 900 g/mol. The van der Waals surface area contributed by atoms with Gasteiger partial charge in [0.15, 0.2) is 17.5 Å². The number of allylic oxidation sites excluding steroid dienone is 5. The van der Waals surface area contributed by atoms with E-state index >= 15 is 0 Å². The zero-order chi connectivity index (χ0) is 46.3. The Bertz CT molecular complexity index is 3890. The van der Waals surface area contributed by atoms with E-state index in [0.29, 0.717) is 17.5 Å². The molecule has 12 rings (SSSR count). The van der Waals surface area contributed by atoms with Gasteiger partial charge in [0.05, 0.1) is 11.0 Å². The van der Waals surface area contributed by atoms with Gasteiger partial charge in [0.1, 0.15) is 0 Å². The summed E-state index contributed by atoms with van der Waals surface area (Å²) in [5, 5.41) is 4.92. The smallest absolute Gasteiger partial charge is 0.164 e. The molecule has 0 spiro atoms. The van der Waals surface area contributed by atoms with Crippen LogP contribution in [0, 0.1) is 0 Å². The summed E-state index contributed by atoms with van der Waals surface area (Å²) in [7, 11) is 0. The summed E-state index contributed by atoms with van der Waals surface area (Å²) in [5.74, 6) is 1.81. The van der Waals surface area contributed by atoms with E-state index in [1.165, 1.54) is 53.1 Å². The van der Waals surface area contributed by atoms with Crippen LogP contribution < -0.4 is 0 Å². The molecule has 326 valence electrons. The van der Waals surface area contributed by atoms with Crippen molar-refractivity contribution >= 4 is 70.0 Å². The van der Waals surface area contributed by atoms with Crippen LogP contribution in [0.4, 0.5) is 0 Å². The highest BCUT2D eigenvalue weighted by atomic mass is 32.1. The molecule has 0 bridgehead atoms. The van der Waals surface area contributed by atoms with Crippen LogP contribution in [-0.2, 0) is 0 Å². The molecule has 5 heteroatoms. The quantitative estimate of drug-likeness (QED) is 0.101. The van der Waals surface area contributed by atoms with Gasteiger partial charge in [-0.1, -0.05) is 201 Å². The molecule has 12 aromatic rings. The van der Waals surface area contributed by atoms with Crippen molar-refractivity contribution in [1.82, 2.24) is 19.5 Å². The first-order valence-corrected chi connectivity index (χ1v) is 24.0. The maximum Gasteiger partial charge on any atom is 0.164 e. The molecule has 0 aliphatic rings. The van der Waals surface area contributed by atoms with E-state index in [1.807, 2.05) is 47.7 Å². The molecule has 0 aliphatic heterocycles. The summed E-state index contributed by atoms with van der Waals surface area (Å²) < 4.78 is 4.85. The molecule has 0 fully saturated rings. The van der Waals surface area contributed by atoms with Crippen molar-refractivity contribution in [3.05, 3.63) is 260 Å². The lowest BCUT2D eigenvalue weighted by Crippen LogP contribution is -2.01. The second-order valence-corrected chi connectivity index (χ2v) is 18.3. The highest BCUT2D eigenvalue weighted by Crippen LogP contribution is 2.48. The van der Waals surface area contributed by atoms with Gasteiger partial charge in [-0.25, -0.2) is 15.0 Å². The third-order valence-electron chi connectivity index (χ3n) is 13.1. The Labute approximate surface area is 405 Å². The average molecular weight is 901 g/mol. The minimum Gasteiger partial charge on any atom is -0.309 e. The van der Waals surface area contributed by atoms with Crippen molar-refractivity contribution in [3.8, 4) is 51.0 Å². The molecule has 3 heterocycles. The van der Waals surface area contributed by atoms with E-state index in [1.54, 1.807) is 0 Å². The largest absolute Gasteiger partial charge is 0.309 e. The van der Waals surface area contributed by atoms with E-state index in [4.69, 9.17) is 21.5 Å². The van der Waals surface area contributed by atoms with Gasteiger partial charge in [-0.05, 0) is 93.9 Å². The third-order valence-corrected chi connectivity index (χ3v) is 14.2. The number of benzene rings is 9. The number of rotatable bonds is 10. The van der Waals surface area contributed by atoms with Gasteiger partial charge in [-0.3, -0.25) is 0 Å². The van der Waals surface area contributed by atoms with Gasteiger partial charge in [0.25, 0.3) is 0 Å². The number of nitrogens with zero attached hydrogens (tertiary/aromatic N) is 4. The van der Waals surface area contributed by atoms with Crippen LogP contribution in [-0.4, -0.2) is 19.5 Å². The fourth-order valence-electron chi connectivity index (χ4n) is 9.72. The Morgan fingerprint density at radius 1 is 0.435 bits per heavy atom. The fraction of sp³-hybridized carbons (Fsp3) is 0.0156. The van der Waals surface area contributed by atoms with Crippen LogP contribution >= 0.6 is 11.3 Å². The molecule has 0 aliphatic carbocycles. The Hall–Kier alpha value is -8.77. The van der Waals surface area contributed by atoms with Crippen LogP contribution in [0.2, 0.25) is 0 Å². The predicted molar refractivity (Wildman–Crippen MR) is 292 cm³/mol. The molecule has 0 radical (unpaired) electrons. The summed E-state index contributed by atoms with van der Waals surface area (Å²) in [5.41, 5.74) is 14.8. The molecule has 9 aromatic carbocycles. The Morgan fingerprint density at radius 2 is 1.01 bits per heavy atom. The number of hydrogen-bond acceptors (Lipinski definition) is 4. The second kappa shape index (κ2) is 17.8. The van der Waals surface area contributed by atoms with Gasteiger partial charge in [0, 0.05) is 53.3 Å². The molecule has 4 nitrogen and oxygen atoms in total. The van der Waals surface area contributed by atoms with Crippen LogP contribution in [0.3, 0.4) is 0 Å². The van der Waals surface area contributed by atoms with Crippen molar-refractivity contribution in [1.29, 1.82) is 0 Å². The highest BCUT2D eigenvalue weighted by Gasteiger charge is 2.23. The molecule has 0 atom stereocenters. The summed E-state index contributed by atoms with van der Waals surface area (Å²) in [6.07, 6.45) is 4.34. The summed E-state index contributed by atoms with van der Waals surface area (Å²) in [4.78, 5) is 15.8. The number of aromatic nitrogens is 4. The average Bonchev–Trinajstić information content (AvgIpc) is 3.98. The number of thiophene rings is 1. The normalized spacial score (nSPS) is 12.1. The number of hydrogen-bond donors (Lipinski definition) is 0. The van der Waals surface area contributed by atoms with Gasteiger partial charge < -0.3 is 4.57 Å². The molecule has 69 heavy (non-hydrogen) atoms. The van der Waals surface area contributed by atoms with Crippen LogP contribution in [0.1, 0.15) is 23.6 Å². The second-order valence-electron chi connectivity index (χ2n) is 17.2. The third kappa shape index (κ3) is 7.65. The fourth-order valence-corrected chi connectivity index (χ4v) is 10.9. The van der Waals surface area contributed by atoms with Crippen molar-refractivity contribution in [2.45, 2.75) is 6.92 Å². The standard InChI is InChI=1S/C64H44N4S/c1-42(35-37-50(45-23-10-4-11-24-45)43(2)44-21-8-3-9-22-44)48-36-38-51(54(41-48)64-66-62(46-25-12-5-13-26-46)65-63(67-64)47-27-14-6-15-28-47)52-32-20-34-57-60(52)61-58(69-57)40-39-56-59(61)53-31-18-19-33-55(53)68(56)49-29-16-7-17-30-49/h3-41H,1H2,2H3/b37-35-,50-43-. The molecule has 0 amide bonds. The SMILES string of the molecule is C=C(/C=C\C(=C(/C)c1ccccc1)c1ccccc1)c1ccc(-c2cccc3sc4ccc5c(c6ccccc6n5-c5ccccc5)c4c23)c(-c2nc(-c3ccccc3)nc(-c3ccccc3)n2)c1. The molecule has 0 N–H and O–H groups in total. The van der Waals surface area contributed by atoms with Crippen LogP contribution in [0.25, 0.3) is 110 Å². The van der Waals surface area contributed by atoms with E-state index < -0.39 is 0 Å². The number of fused-ring (bicyclic) bond motifs is 7. The maximum atomic E-state index is 5.34. The Kier molecular flexibility index (Phi) is 10.7. The summed E-state index contributed by atoms with van der Waals surface area (Å²) >= 11 is 1.84. The molecule has 0 saturated carbocycles. The summed E-state index contributed by atoms with van der Waals surface area (Å²) in [6, 6.07) is 78.9. The molecule has 0 saturated heterocycles. The maximum absolute atomic E-state index is 5.34. The lowest BCUT2D eigenvalue weighted by atomic mass is 9.91. The highest BCUT2D eigenvalue weighted by molar-refractivity contribution is 7.26. The lowest BCUT2D eigenvalue weighted by Gasteiger charge is -2.15. The molecule has 0 unspecified atom stereocenters. The van der Waals surface area contributed by atoms with Crippen molar-refractivity contribution < 1.29 is 0 Å². The molecule has 3 aromatic heterocycles. The minimum atomic E-state index is 0.587. The van der Waals surface area contributed by atoms with Crippen molar-refractivity contribution in [3.63, 3.8) is 0 Å². The summed E-state index contributed by atoms with van der Waals surface area (Å²) in [6.45, 7) is 6.89. The number of para-hydroxylation sites is 2. The van der Waals surface area contributed by atoms with Crippen molar-refractivity contribution in [2.75, 3.05) is 0 Å². The first kappa shape index (κ1) is 41.6. The first-order valence-electron chi connectivity index (χ1n) is 23.2. The molecular weight excluding hydrogens is 857 g/mol. The first-order chi connectivity index (χ1) is 34.1. The van der Waals surface area contributed by atoms with Crippen LogP contribution in [0.5, 0.6) is 0 Å². The predicted octanol–water partition coefficient (Wildman–Crippen LogP) is 17.2. The van der Waals surface area contributed by atoms with Crippen LogP contribution in [0.15, 0.2) is 243 Å². The van der Waals surface area contributed by atoms with Gasteiger partial charge in [-0.2, -0.15) is 0 Å². The lowest BCUT2D eigenvalue weighted by molar-refractivity contribution is 1.07. The Morgan fingerprint density at radius 3 is 1.70 bits per heavy atom. The van der Waals surface area contributed by atoms with E-state index in [-0.39, 0.29) is 0 Å². The van der Waals surface area contributed by atoms with E-state index in [9.17, 15) is 0 Å². The van der Waals surface area contributed by atoms with Gasteiger partial charge >= 0.3 is 0 Å². The van der Waals surface area contributed by atoms with E-state index in [2.05, 4.69) is 212 Å². The zero-order valence-corrected chi connectivity index (χ0v) is 38.7. The van der Waals surface area contributed by atoms with Crippen molar-refractivity contribution in [2.24, 2.45) is 0 Å². The Balaban J connectivity index is 1.10. The van der Waals surface area contributed by atoms with Gasteiger partial charge in [0.2, 0.25) is 0 Å². The van der Waals surface area contributed by atoms with E-state index in [0.717, 1.165) is 55.8 Å². The topological polar surface area (TPSA) is 43.6 Å². The molecular formula is C64H44N4S. The zero-order valence-electron chi connectivity index (χ0n) is 37.9. The van der Waals surface area contributed by atoms with Gasteiger partial charge in [-0.15, -0.1) is 11.3 Å².